The summed E-state index contributed by atoms with van der Waals surface area (Å²) in [6, 6.07) is 2.62. The number of nitrogens with two attached hydrogens (primary N) is 4. The second kappa shape index (κ2) is 18.1. The van der Waals surface area contributed by atoms with Gasteiger partial charge < -0.3 is 54.1 Å². The van der Waals surface area contributed by atoms with Gasteiger partial charge in [0.25, 0.3) is 0 Å². The Bertz CT molecular complexity index is 1310. The van der Waals surface area contributed by atoms with E-state index in [1.807, 2.05) is 24.3 Å². The Hall–Kier alpha value is -4.70. The SMILES string of the molecule is NCCCCC(NC(=O)C(CCC(=O)O)NC(=O)C(N)Cc1c[nH]c2ccccc12)C(=O)NC(CCCN=C(N)N)C(=O)O. The first-order valence-corrected chi connectivity index (χ1v) is 14.3. The van der Waals surface area contributed by atoms with E-state index in [-0.39, 0.29) is 44.6 Å². The average Bonchev–Trinajstić information content (AvgIpc) is 3.38. The summed E-state index contributed by atoms with van der Waals surface area (Å²) in [5, 5.41) is 27.2. The summed E-state index contributed by atoms with van der Waals surface area (Å²) in [6.45, 7) is 0.489. The highest BCUT2D eigenvalue weighted by Crippen LogP contribution is 2.19. The van der Waals surface area contributed by atoms with Crippen molar-refractivity contribution in [2.45, 2.75) is 75.5 Å². The molecule has 44 heavy (non-hydrogen) atoms. The number of carboxylic acids is 2. The average molecular weight is 618 g/mol. The minimum atomic E-state index is -1.33. The number of carboxylic acid groups (broad SMARTS) is 2. The van der Waals surface area contributed by atoms with Gasteiger partial charge in [-0.15, -0.1) is 0 Å². The Labute approximate surface area is 254 Å². The molecule has 0 bridgehead atoms. The van der Waals surface area contributed by atoms with Crippen LogP contribution in [0.5, 0.6) is 0 Å². The number of unbranched alkanes of at least 4 members (excludes halogenated alkanes) is 1. The van der Waals surface area contributed by atoms with E-state index in [9.17, 15) is 34.2 Å². The van der Waals surface area contributed by atoms with Crippen molar-refractivity contribution in [2.24, 2.45) is 27.9 Å². The first kappa shape index (κ1) is 35.5. The minimum Gasteiger partial charge on any atom is -0.481 e. The highest BCUT2D eigenvalue weighted by molar-refractivity contribution is 5.94. The maximum Gasteiger partial charge on any atom is 0.326 e. The summed E-state index contributed by atoms with van der Waals surface area (Å²) in [5.74, 6) is -4.88. The number of hydrogen-bond donors (Lipinski definition) is 10. The van der Waals surface area contributed by atoms with Crippen LogP contribution in [0.2, 0.25) is 0 Å². The number of amides is 3. The molecule has 0 aliphatic carbocycles. The number of aliphatic carboxylic acids is 2. The molecular formula is C28H43N9O7. The van der Waals surface area contributed by atoms with E-state index in [0.29, 0.717) is 19.4 Å². The van der Waals surface area contributed by atoms with Gasteiger partial charge in [0, 0.05) is 30.1 Å². The molecule has 16 heteroatoms. The Morgan fingerprint density at radius 2 is 1.45 bits per heavy atom. The first-order chi connectivity index (χ1) is 20.9. The number of aliphatic imine (C=N–C) groups is 1. The molecular weight excluding hydrogens is 574 g/mol. The van der Waals surface area contributed by atoms with Crippen LogP contribution in [0.15, 0.2) is 35.5 Å². The number of H-pyrrole nitrogens is 1. The molecule has 14 N–H and O–H groups in total. The van der Waals surface area contributed by atoms with Crippen molar-refractivity contribution >= 4 is 46.5 Å². The van der Waals surface area contributed by atoms with Gasteiger partial charge in [-0.3, -0.25) is 24.2 Å². The number of hydrogen-bond acceptors (Lipinski definition) is 8. The Morgan fingerprint density at radius 1 is 0.841 bits per heavy atom. The second-order valence-corrected chi connectivity index (χ2v) is 10.4. The molecule has 16 nitrogen and oxygen atoms in total. The van der Waals surface area contributed by atoms with Crippen molar-refractivity contribution in [3.8, 4) is 0 Å². The molecule has 0 saturated heterocycles. The van der Waals surface area contributed by atoms with Crippen molar-refractivity contribution in [3.63, 3.8) is 0 Å². The van der Waals surface area contributed by atoms with Crippen molar-refractivity contribution in [2.75, 3.05) is 13.1 Å². The third-order valence-electron chi connectivity index (χ3n) is 6.87. The van der Waals surface area contributed by atoms with Crippen molar-refractivity contribution in [1.82, 2.24) is 20.9 Å². The molecule has 3 amide bonds. The van der Waals surface area contributed by atoms with Gasteiger partial charge in [-0.05, 0) is 63.1 Å². The molecule has 0 aliphatic rings. The third kappa shape index (κ3) is 11.9. The molecule has 2 rings (SSSR count). The van der Waals surface area contributed by atoms with E-state index in [4.69, 9.17) is 22.9 Å². The summed E-state index contributed by atoms with van der Waals surface area (Å²) in [6.07, 6.45) is 2.53. The van der Waals surface area contributed by atoms with Gasteiger partial charge in [-0.1, -0.05) is 18.2 Å². The van der Waals surface area contributed by atoms with E-state index in [2.05, 4.69) is 25.9 Å². The number of carbonyl (C=O) groups is 5. The van der Waals surface area contributed by atoms with Crippen molar-refractivity contribution in [1.29, 1.82) is 0 Å². The molecule has 4 atom stereocenters. The molecule has 0 fully saturated rings. The summed E-state index contributed by atoms with van der Waals surface area (Å²) in [5.41, 5.74) is 23.9. The van der Waals surface area contributed by atoms with E-state index in [1.165, 1.54) is 0 Å². The van der Waals surface area contributed by atoms with Crippen LogP contribution < -0.4 is 38.9 Å². The fourth-order valence-corrected chi connectivity index (χ4v) is 4.51. The minimum absolute atomic E-state index is 0.0208. The van der Waals surface area contributed by atoms with Gasteiger partial charge in [0.1, 0.15) is 18.1 Å². The lowest BCUT2D eigenvalue weighted by molar-refractivity contribution is -0.142. The molecule has 1 aromatic heterocycles. The standard InChI is InChI=1S/C28H43N9O7/c29-12-4-3-8-20(25(41)37-22(27(43)44)9-5-13-33-28(31)32)36-26(42)21(10-11-23(38)39)35-24(40)18(30)14-16-15-34-19-7-2-1-6-17(16)19/h1-2,6-7,15,18,20-22,34H,3-5,8-14,29-30H2,(H,35,40)(H,36,42)(H,37,41)(H,38,39)(H,43,44)(H4,31,32,33). The molecule has 0 radical (unpaired) electrons. The Morgan fingerprint density at radius 3 is 2.09 bits per heavy atom. The number of aromatic amines is 1. The molecule has 1 heterocycles. The van der Waals surface area contributed by atoms with E-state index in [1.54, 1.807) is 6.20 Å². The van der Waals surface area contributed by atoms with E-state index < -0.39 is 60.2 Å². The smallest absolute Gasteiger partial charge is 0.326 e. The van der Waals surface area contributed by atoms with Crippen LogP contribution in [0.3, 0.4) is 0 Å². The highest BCUT2D eigenvalue weighted by atomic mass is 16.4. The van der Waals surface area contributed by atoms with Crippen LogP contribution in [0, 0.1) is 0 Å². The lowest BCUT2D eigenvalue weighted by atomic mass is 10.0. The molecule has 1 aromatic carbocycles. The Kier molecular flexibility index (Phi) is 14.6. The van der Waals surface area contributed by atoms with Crippen LogP contribution in [0.25, 0.3) is 10.9 Å². The highest BCUT2D eigenvalue weighted by Gasteiger charge is 2.30. The fraction of sp³-hybridized carbons (Fsp3) is 0.500. The van der Waals surface area contributed by atoms with Crippen molar-refractivity contribution < 1.29 is 34.2 Å². The first-order valence-electron chi connectivity index (χ1n) is 14.3. The van der Waals surface area contributed by atoms with Gasteiger partial charge in [0.05, 0.1) is 6.04 Å². The lowest BCUT2D eigenvalue weighted by Gasteiger charge is -2.25. The maximum atomic E-state index is 13.3. The van der Waals surface area contributed by atoms with Gasteiger partial charge in [-0.2, -0.15) is 0 Å². The summed E-state index contributed by atoms with van der Waals surface area (Å²) < 4.78 is 0. The second-order valence-electron chi connectivity index (χ2n) is 10.4. The van der Waals surface area contributed by atoms with Gasteiger partial charge in [-0.25, -0.2) is 4.79 Å². The fourth-order valence-electron chi connectivity index (χ4n) is 4.51. The van der Waals surface area contributed by atoms with Crippen LogP contribution >= 0.6 is 0 Å². The van der Waals surface area contributed by atoms with Gasteiger partial charge in [0.2, 0.25) is 17.7 Å². The van der Waals surface area contributed by atoms with Crippen molar-refractivity contribution in [3.05, 3.63) is 36.0 Å². The van der Waals surface area contributed by atoms with Crippen LogP contribution in [0.4, 0.5) is 0 Å². The normalized spacial score (nSPS) is 13.7. The Balaban J connectivity index is 2.13. The maximum absolute atomic E-state index is 13.3. The monoisotopic (exact) mass is 617 g/mol. The number of rotatable bonds is 20. The van der Waals surface area contributed by atoms with Crippen LogP contribution in [-0.4, -0.2) is 88.1 Å². The number of nitrogens with zero attached hydrogens (tertiary/aromatic N) is 1. The number of aromatic nitrogens is 1. The third-order valence-corrected chi connectivity index (χ3v) is 6.87. The van der Waals surface area contributed by atoms with Crippen LogP contribution in [-0.2, 0) is 30.4 Å². The topological polar surface area (TPSA) is 294 Å². The van der Waals surface area contributed by atoms with E-state index in [0.717, 1.165) is 16.5 Å². The summed E-state index contributed by atoms with van der Waals surface area (Å²) in [7, 11) is 0. The summed E-state index contributed by atoms with van der Waals surface area (Å²) in [4.78, 5) is 69.4. The number of guanidine groups is 1. The predicted octanol–water partition coefficient (Wildman–Crippen LogP) is -1.38. The largest absolute Gasteiger partial charge is 0.481 e. The van der Waals surface area contributed by atoms with Gasteiger partial charge in [0.15, 0.2) is 5.96 Å². The molecule has 0 spiro atoms. The molecule has 4 unspecified atom stereocenters. The number of fused-ring (bicyclic) bond motifs is 1. The summed E-state index contributed by atoms with van der Waals surface area (Å²) >= 11 is 0. The predicted molar refractivity (Wildman–Crippen MR) is 163 cm³/mol. The number of para-hydroxylation sites is 1. The molecule has 2 aromatic rings. The lowest BCUT2D eigenvalue weighted by Crippen LogP contribution is -2.57. The molecule has 0 saturated carbocycles. The van der Waals surface area contributed by atoms with E-state index >= 15 is 0 Å². The molecule has 0 aliphatic heterocycles. The quantitative estimate of drug-likeness (QED) is 0.0469. The number of benzene rings is 1. The zero-order valence-corrected chi connectivity index (χ0v) is 24.5. The molecule has 242 valence electrons. The zero-order chi connectivity index (χ0) is 32.6. The van der Waals surface area contributed by atoms with Crippen LogP contribution in [0.1, 0.15) is 50.5 Å². The number of carbonyl (C=O) groups excluding carboxylic acids is 3. The van der Waals surface area contributed by atoms with Gasteiger partial charge >= 0.3 is 11.9 Å². The number of nitrogens with one attached hydrogen (secondary N) is 4. The zero-order valence-electron chi connectivity index (χ0n) is 24.5.